The van der Waals surface area contributed by atoms with Crippen molar-refractivity contribution in [3.8, 4) is 5.75 Å². The third-order valence-electron chi connectivity index (χ3n) is 5.76. The zero-order valence-electron chi connectivity index (χ0n) is 20.9. The van der Waals surface area contributed by atoms with Crippen molar-refractivity contribution in [2.75, 3.05) is 24.5 Å². The molecule has 0 heterocycles. The largest absolute Gasteiger partial charge is 0.494 e. The lowest BCUT2D eigenvalue weighted by Gasteiger charge is -2.32. The molecule has 1 atom stereocenters. The fraction of sp³-hybridized carbons (Fsp3) is 0.259. The maximum Gasteiger partial charge on any atom is 0.264 e. The number of nitrogens with zero attached hydrogens (tertiary/aromatic N) is 2. The van der Waals surface area contributed by atoms with Crippen LogP contribution in [0.5, 0.6) is 5.75 Å². The van der Waals surface area contributed by atoms with Crippen LogP contribution in [0, 0.1) is 0 Å². The highest BCUT2D eigenvalue weighted by Crippen LogP contribution is 2.26. The Labute approximate surface area is 222 Å². The van der Waals surface area contributed by atoms with Crippen LogP contribution in [-0.2, 0) is 26.2 Å². The molecule has 8 nitrogen and oxygen atoms in total. The fourth-order valence-electron chi connectivity index (χ4n) is 3.73. The number of benzene rings is 3. The number of carbonyl (C=O) groups is 2. The predicted octanol–water partition coefficient (Wildman–Crippen LogP) is 4.10. The van der Waals surface area contributed by atoms with Crippen LogP contribution < -0.4 is 14.4 Å². The zero-order chi connectivity index (χ0) is 27.0. The fourth-order valence-corrected chi connectivity index (χ4v) is 5.34. The average Bonchev–Trinajstić information content (AvgIpc) is 2.91. The molecule has 0 aliphatic rings. The highest BCUT2D eigenvalue weighted by atomic mass is 35.5. The summed E-state index contributed by atoms with van der Waals surface area (Å²) in [5.41, 5.74) is 0.948. The molecule has 0 fully saturated rings. The van der Waals surface area contributed by atoms with Crippen LogP contribution >= 0.6 is 11.6 Å². The molecule has 0 saturated heterocycles. The van der Waals surface area contributed by atoms with Crippen molar-refractivity contribution in [3.05, 3.63) is 89.4 Å². The summed E-state index contributed by atoms with van der Waals surface area (Å²) in [7, 11) is -2.67. The Morgan fingerprint density at radius 3 is 2.19 bits per heavy atom. The maximum absolute atomic E-state index is 13.7. The van der Waals surface area contributed by atoms with E-state index in [-0.39, 0.29) is 17.3 Å². The van der Waals surface area contributed by atoms with Gasteiger partial charge in [0.2, 0.25) is 11.8 Å². The van der Waals surface area contributed by atoms with E-state index >= 15 is 0 Å². The Morgan fingerprint density at radius 1 is 0.973 bits per heavy atom. The van der Waals surface area contributed by atoms with Crippen LogP contribution in [0.3, 0.4) is 0 Å². The van der Waals surface area contributed by atoms with Gasteiger partial charge in [0.15, 0.2) is 0 Å². The van der Waals surface area contributed by atoms with Gasteiger partial charge in [-0.1, -0.05) is 48.0 Å². The van der Waals surface area contributed by atoms with E-state index in [1.54, 1.807) is 73.7 Å². The quantitative estimate of drug-likeness (QED) is 0.393. The number of likely N-dealkylation sites (N-methyl/N-ethyl adjacent to an activating group) is 1. The highest BCUT2D eigenvalue weighted by Gasteiger charge is 2.32. The second-order valence-corrected chi connectivity index (χ2v) is 10.4. The molecule has 196 valence electrons. The number of ether oxygens (including phenoxy) is 1. The van der Waals surface area contributed by atoms with Gasteiger partial charge in [0.1, 0.15) is 18.3 Å². The Hall–Kier alpha value is -3.56. The number of hydrogen-bond donors (Lipinski definition) is 1. The molecule has 10 heteroatoms. The van der Waals surface area contributed by atoms with Gasteiger partial charge in [-0.2, -0.15) is 0 Å². The number of para-hydroxylation sites is 1. The Balaban J connectivity index is 2.00. The summed E-state index contributed by atoms with van der Waals surface area (Å²) in [6, 6.07) is 20.5. The Morgan fingerprint density at radius 2 is 1.59 bits per heavy atom. The third kappa shape index (κ3) is 6.81. The molecule has 0 bridgehead atoms. The second-order valence-electron chi connectivity index (χ2n) is 8.15. The van der Waals surface area contributed by atoms with Crippen molar-refractivity contribution < 1.29 is 22.7 Å². The van der Waals surface area contributed by atoms with E-state index < -0.39 is 28.5 Å². The molecule has 0 radical (unpaired) electrons. The van der Waals surface area contributed by atoms with E-state index in [9.17, 15) is 18.0 Å². The molecule has 0 aliphatic heterocycles. The lowest BCUT2D eigenvalue weighted by atomic mass is 10.1. The summed E-state index contributed by atoms with van der Waals surface area (Å²) in [5, 5.41) is 2.98. The SMILES string of the molecule is CCOc1ccc(S(=O)(=O)N(CC(=O)N(Cc2ccccc2Cl)[C@@H](C)C(=O)NC)c2ccccc2)cc1. The molecule has 3 rings (SSSR count). The first-order valence-corrected chi connectivity index (χ1v) is 13.6. The van der Waals surface area contributed by atoms with Crippen molar-refractivity contribution in [2.24, 2.45) is 0 Å². The summed E-state index contributed by atoms with van der Waals surface area (Å²) in [5.74, 6) is -0.412. The van der Waals surface area contributed by atoms with Crippen LogP contribution in [0.2, 0.25) is 5.02 Å². The first-order chi connectivity index (χ1) is 17.7. The molecule has 0 aromatic heterocycles. The van der Waals surface area contributed by atoms with Gasteiger partial charge in [-0.15, -0.1) is 0 Å². The number of anilines is 1. The summed E-state index contributed by atoms with van der Waals surface area (Å²) < 4.78 is 34.0. The maximum atomic E-state index is 13.7. The average molecular weight is 544 g/mol. The van der Waals surface area contributed by atoms with Gasteiger partial charge in [0.05, 0.1) is 17.2 Å². The minimum atomic E-state index is -4.14. The number of amides is 2. The van der Waals surface area contributed by atoms with E-state index in [1.165, 1.54) is 24.1 Å². The molecular formula is C27H30ClN3O5S. The molecule has 0 saturated carbocycles. The molecule has 3 aromatic carbocycles. The van der Waals surface area contributed by atoms with Gasteiger partial charge >= 0.3 is 0 Å². The summed E-state index contributed by atoms with van der Waals surface area (Å²) in [4.78, 5) is 27.5. The van der Waals surface area contributed by atoms with Gasteiger partial charge in [-0.25, -0.2) is 8.42 Å². The van der Waals surface area contributed by atoms with Crippen LogP contribution in [0.4, 0.5) is 5.69 Å². The number of nitrogens with one attached hydrogen (secondary N) is 1. The van der Waals surface area contributed by atoms with Crippen LogP contribution in [0.1, 0.15) is 19.4 Å². The van der Waals surface area contributed by atoms with E-state index in [0.29, 0.717) is 28.6 Å². The minimum Gasteiger partial charge on any atom is -0.494 e. The van der Waals surface area contributed by atoms with Crippen molar-refractivity contribution in [1.29, 1.82) is 0 Å². The molecule has 3 aromatic rings. The molecule has 0 unspecified atom stereocenters. The first kappa shape index (κ1) is 28.0. The second kappa shape index (κ2) is 12.6. The molecule has 2 amide bonds. The Kier molecular flexibility index (Phi) is 9.54. The van der Waals surface area contributed by atoms with E-state index in [4.69, 9.17) is 16.3 Å². The first-order valence-electron chi connectivity index (χ1n) is 11.7. The van der Waals surface area contributed by atoms with E-state index in [0.717, 1.165) is 4.31 Å². The van der Waals surface area contributed by atoms with Crippen molar-refractivity contribution in [1.82, 2.24) is 10.2 Å². The summed E-state index contributed by atoms with van der Waals surface area (Å²) in [6.45, 7) is 3.37. The van der Waals surface area contributed by atoms with Gasteiger partial charge < -0.3 is 15.0 Å². The van der Waals surface area contributed by atoms with Crippen LogP contribution in [0.25, 0.3) is 0 Å². The van der Waals surface area contributed by atoms with Gasteiger partial charge in [0, 0.05) is 18.6 Å². The monoisotopic (exact) mass is 543 g/mol. The standard InChI is InChI=1S/C27H30ClN3O5S/c1-4-36-23-14-16-24(17-15-23)37(34,35)31(22-11-6-5-7-12-22)19-26(32)30(20(2)27(33)29-3)18-21-10-8-9-13-25(21)28/h5-17,20H,4,18-19H2,1-3H3,(H,29,33)/t20-/m0/s1. The normalized spacial score (nSPS) is 11.9. The molecule has 0 spiro atoms. The minimum absolute atomic E-state index is 0.00427. The van der Waals surface area contributed by atoms with Crippen molar-refractivity contribution in [3.63, 3.8) is 0 Å². The molecule has 1 N–H and O–H groups in total. The highest BCUT2D eigenvalue weighted by molar-refractivity contribution is 7.92. The van der Waals surface area contributed by atoms with Crippen LogP contribution in [0.15, 0.2) is 83.8 Å². The number of carbonyl (C=O) groups excluding carboxylic acids is 2. The van der Waals surface area contributed by atoms with Gasteiger partial charge in [-0.05, 0) is 61.9 Å². The number of hydrogen-bond acceptors (Lipinski definition) is 5. The zero-order valence-corrected chi connectivity index (χ0v) is 22.5. The topological polar surface area (TPSA) is 96.0 Å². The third-order valence-corrected chi connectivity index (χ3v) is 7.91. The number of sulfonamides is 1. The predicted molar refractivity (Wildman–Crippen MR) is 144 cm³/mol. The van der Waals surface area contributed by atoms with Crippen molar-refractivity contribution in [2.45, 2.75) is 31.3 Å². The number of halogens is 1. The molecule has 0 aliphatic carbocycles. The summed E-state index contributed by atoms with van der Waals surface area (Å²) in [6.07, 6.45) is 0. The van der Waals surface area contributed by atoms with Crippen molar-refractivity contribution >= 4 is 39.1 Å². The lowest BCUT2D eigenvalue weighted by Crippen LogP contribution is -2.50. The Bertz CT molecular complexity index is 1320. The van der Waals surface area contributed by atoms with E-state index in [2.05, 4.69) is 5.32 Å². The lowest BCUT2D eigenvalue weighted by molar-refractivity contribution is -0.139. The molecule has 37 heavy (non-hydrogen) atoms. The van der Waals surface area contributed by atoms with E-state index in [1.807, 2.05) is 6.92 Å². The number of rotatable bonds is 11. The smallest absolute Gasteiger partial charge is 0.264 e. The molecular weight excluding hydrogens is 514 g/mol. The van der Waals surface area contributed by atoms with Gasteiger partial charge in [0.25, 0.3) is 10.0 Å². The van der Waals surface area contributed by atoms with Gasteiger partial charge in [-0.3, -0.25) is 13.9 Å². The summed E-state index contributed by atoms with van der Waals surface area (Å²) >= 11 is 6.33. The van der Waals surface area contributed by atoms with Crippen LogP contribution in [-0.4, -0.2) is 51.4 Å².